The van der Waals surface area contributed by atoms with Gasteiger partial charge in [0.15, 0.2) is 0 Å². The van der Waals surface area contributed by atoms with E-state index in [4.69, 9.17) is 0 Å². The average molecular weight is 197 g/mol. The van der Waals surface area contributed by atoms with Crippen molar-refractivity contribution in [3.05, 3.63) is 0 Å². The van der Waals surface area contributed by atoms with Gasteiger partial charge in [-0.2, -0.15) is 0 Å². The van der Waals surface area contributed by atoms with Gasteiger partial charge in [0.2, 0.25) is 5.91 Å². The fourth-order valence-electron chi connectivity index (χ4n) is 1.50. The maximum Gasteiger partial charge on any atom is 0.223 e. The molecule has 0 unspecified atom stereocenters. The maximum atomic E-state index is 11.6. The minimum absolute atomic E-state index is 0.0401. The fraction of sp³-hybridized carbons (Fsp3) is 0.818. The van der Waals surface area contributed by atoms with Crippen molar-refractivity contribution in [2.75, 3.05) is 13.1 Å². The lowest BCUT2D eigenvalue weighted by Crippen LogP contribution is -2.53. The molecule has 0 saturated carbocycles. The summed E-state index contributed by atoms with van der Waals surface area (Å²) in [7, 11) is 0. The van der Waals surface area contributed by atoms with Crippen LogP contribution >= 0.6 is 0 Å². The van der Waals surface area contributed by atoms with Gasteiger partial charge < -0.3 is 4.90 Å². The normalized spacial score (nSPS) is 17.9. The highest BCUT2D eigenvalue weighted by Gasteiger charge is 2.34. The lowest BCUT2D eigenvalue weighted by atomic mass is 9.89. The van der Waals surface area contributed by atoms with Gasteiger partial charge in [-0.25, -0.2) is 0 Å². The molecule has 1 fully saturated rings. The Hall–Kier alpha value is -0.860. The molecule has 14 heavy (non-hydrogen) atoms. The van der Waals surface area contributed by atoms with E-state index >= 15 is 0 Å². The second-order valence-electron chi connectivity index (χ2n) is 5.34. The Morgan fingerprint density at radius 1 is 1.29 bits per heavy atom. The summed E-state index contributed by atoms with van der Waals surface area (Å²) in [5.41, 5.74) is 0.0401. The van der Waals surface area contributed by atoms with Crippen molar-refractivity contribution in [3.8, 4) is 0 Å². The first kappa shape index (κ1) is 11.2. The van der Waals surface area contributed by atoms with Gasteiger partial charge in [0.1, 0.15) is 5.78 Å². The molecule has 1 aliphatic rings. The number of nitrogens with zero attached hydrogens (tertiary/aromatic N) is 1. The summed E-state index contributed by atoms with van der Waals surface area (Å²) in [5.74, 6) is 0.471. The predicted octanol–water partition coefficient (Wildman–Crippen LogP) is 1.47. The zero-order chi connectivity index (χ0) is 10.9. The highest BCUT2D eigenvalue weighted by molar-refractivity contribution is 5.84. The van der Waals surface area contributed by atoms with Crippen LogP contribution < -0.4 is 0 Å². The molecule has 1 rings (SSSR count). The number of ketones is 1. The molecule has 1 aliphatic heterocycles. The van der Waals surface area contributed by atoms with Crippen molar-refractivity contribution < 1.29 is 9.59 Å². The van der Waals surface area contributed by atoms with Crippen LogP contribution in [0, 0.1) is 11.3 Å². The molecule has 3 heteroatoms. The highest BCUT2D eigenvalue weighted by Crippen LogP contribution is 2.24. The van der Waals surface area contributed by atoms with Crippen molar-refractivity contribution in [2.24, 2.45) is 11.3 Å². The van der Waals surface area contributed by atoms with Gasteiger partial charge in [-0.05, 0) is 12.3 Å². The van der Waals surface area contributed by atoms with E-state index < -0.39 is 0 Å². The third-order valence-corrected chi connectivity index (χ3v) is 2.49. The Bertz CT molecular complexity index is 247. The van der Waals surface area contributed by atoms with Crippen molar-refractivity contribution >= 4 is 11.7 Å². The molecule has 1 saturated heterocycles. The summed E-state index contributed by atoms with van der Waals surface area (Å²) in [6.45, 7) is 9.00. The van der Waals surface area contributed by atoms with Crippen LogP contribution in [0.1, 0.15) is 34.1 Å². The Morgan fingerprint density at radius 2 is 1.79 bits per heavy atom. The van der Waals surface area contributed by atoms with Crippen molar-refractivity contribution in [1.82, 2.24) is 4.90 Å². The zero-order valence-corrected chi connectivity index (χ0v) is 9.46. The molecule has 0 atom stereocenters. The van der Waals surface area contributed by atoms with Crippen molar-refractivity contribution in [2.45, 2.75) is 34.1 Å². The standard InChI is InChI=1S/C11H19NO2/c1-8(13)9-6-12(7-9)10(14)5-11(2,3)4/h9H,5-7H2,1-4H3. The molecule has 0 aromatic heterocycles. The van der Waals surface area contributed by atoms with Crippen LogP contribution in [-0.2, 0) is 9.59 Å². The number of Topliss-reactive ketones (excluding diaryl/α,β-unsaturated/α-hetero) is 1. The third-order valence-electron chi connectivity index (χ3n) is 2.49. The quantitative estimate of drug-likeness (QED) is 0.672. The number of rotatable bonds is 2. The van der Waals surface area contributed by atoms with Crippen molar-refractivity contribution in [3.63, 3.8) is 0 Å². The first-order valence-electron chi connectivity index (χ1n) is 5.08. The Balaban J connectivity index is 2.34. The van der Waals surface area contributed by atoms with Crippen LogP contribution in [0.25, 0.3) is 0 Å². The predicted molar refractivity (Wildman–Crippen MR) is 54.8 cm³/mol. The van der Waals surface area contributed by atoms with E-state index in [1.807, 2.05) is 20.8 Å². The first-order valence-corrected chi connectivity index (χ1v) is 5.08. The molecule has 0 aromatic carbocycles. The minimum atomic E-state index is 0.0401. The molecule has 0 spiro atoms. The second-order valence-corrected chi connectivity index (χ2v) is 5.34. The van der Waals surface area contributed by atoms with Gasteiger partial charge in [0.05, 0.1) is 5.92 Å². The Morgan fingerprint density at radius 3 is 2.14 bits per heavy atom. The lowest BCUT2D eigenvalue weighted by molar-refractivity contribution is -0.142. The summed E-state index contributed by atoms with van der Waals surface area (Å²) in [6, 6.07) is 0. The van der Waals surface area contributed by atoms with E-state index in [1.54, 1.807) is 11.8 Å². The van der Waals surface area contributed by atoms with Crippen molar-refractivity contribution in [1.29, 1.82) is 0 Å². The monoisotopic (exact) mass is 197 g/mol. The summed E-state index contributed by atoms with van der Waals surface area (Å²) >= 11 is 0. The molecule has 0 aromatic rings. The van der Waals surface area contributed by atoms with Crippen LogP contribution in [0.3, 0.4) is 0 Å². The van der Waals surface area contributed by atoms with E-state index in [9.17, 15) is 9.59 Å². The largest absolute Gasteiger partial charge is 0.341 e. The Labute approximate surface area is 85.5 Å². The smallest absolute Gasteiger partial charge is 0.223 e. The Kier molecular flexibility index (Phi) is 2.98. The molecular weight excluding hydrogens is 178 g/mol. The summed E-state index contributed by atoms with van der Waals surface area (Å²) in [5, 5.41) is 0. The van der Waals surface area contributed by atoms with Crippen LogP contribution in [0.2, 0.25) is 0 Å². The van der Waals surface area contributed by atoms with Gasteiger partial charge in [-0.15, -0.1) is 0 Å². The van der Waals surface area contributed by atoms with Crippen LogP contribution in [-0.4, -0.2) is 29.7 Å². The van der Waals surface area contributed by atoms with E-state index in [1.165, 1.54) is 0 Å². The first-order chi connectivity index (χ1) is 6.29. The van der Waals surface area contributed by atoms with Crippen LogP contribution in [0.5, 0.6) is 0 Å². The molecule has 0 aliphatic carbocycles. The SMILES string of the molecule is CC(=O)C1CN(C(=O)CC(C)(C)C)C1. The zero-order valence-electron chi connectivity index (χ0n) is 9.46. The maximum absolute atomic E-state index is 11.6. The van der Waals surface area contributed by atoms with Crippen LogP contribution in [0.15, 0.2) is 0 Å². The second kappa shape index (κ2) is 3.71. The van der Waals surface area contributed by atoms with Gasteiger partial charge in [0, 0.05) is 19.5 Å². The molecule has 1 amide bonds. The number of hydrogen-bond acceptors (Lipinski definition) is 2. The summed E-state index contributed by atoms with van der Waals surface area (Å²) in [4.78, 5) is 24.3. The fourth-order valence-corrected chi connectivity index (χ4v) is 1.50. The van der Waals surface area contributed by atoms with E-state index in [-0.39, 0.29) is 23.0 Å². The molecule has 3 nitrogen and oxygen atoms in total. The summed E-state index contributed by atoms with van der Waals surface area (Å²) in [6.07, 6.45) is 0.567. The van der Waals surface area contributed by atoms with Gasteiger partial charge in [-0.3, -0.25) is 9.59 Å². The minimum Gasteiger partial charge on any atom is -0.341 e. The highest BCUT2D eigenvalue weighted by atomic mass is 16.2. The van der Waals surface area contributed by atoms with E-state index in [0.717, 1.165) is 0 Å². The van der Waals surface area contributed by atoms with Crippen LogP contribution in [0.4, 0.5) is 0 Å². The number of carbonyl (C=O) groups is 2. The number of hydrogen-bond donors (Lipinski definition) is 0. The van der Waals surface area contributed by atoms with E-state index in [2.05, 4.69) is 0 Å². The van der Waals surface area contributed by atoms with Gasteiger partial charge in [-0.1, -0.05) is 20.8 Å². The molecule has 0 N–H and O–H groups in total. The third kappa shape index (κ3) is 2.82. The van der Waals surface area contributed by atoms with Gasteiger partial charge >= 0.3 is 0 Å². The number of likely N-dealkylation sites (tertiary alicyclic amines) is 1. The molecular formula is C11H19NO2. The molecule has 0 bridgehead atoms. The number of carbonyl (C=O) groups excluding carboxylic acids is 2. The van der Waals surface area contributed by atoms with Gasteiger partial charge in [0.25, 0.3) is 0 Å². The number of amides is 1. The molecule has 80 valence electrons. The molecule has 0 radical (unpaired) electrons. The summed E-state index contributed by atoms with van der Waals surface area (Å²) < 4.78 is 0. The topological polar surface area (TPSA) is 37.4 Å². The average Bonchev–Trinajstić information content (AvgIpc) is 1.75. The molecule has 1 heterocycles. The lowest BCUT2D eigenvalue weighted by Gasteiger charge is -2.39. The van der Waals surface area contributed by atoms with E-state index in [0.29, 0.717) is 19.5 Å².